The van der Waals surface area contributed by atoms with Crippen LogP contribution in [0.3, 0.4) is 0 Å². The molecule has 0 amide bonds. The van der Waals surface area contributed by atoms with Crippen molar-refractivity contribution in [2.75, 3.05) is 43.5 Å². The van der Waals surface area contributed by atoms with Crippen LogP contribution < -0.4 is 10.6 Å². The van der Waals surface area contributed by atoms with E-state index in [2.05, 4.69) is 72.2 Å². The summed E-state index contributed by atoms with van der Waals surface area (Å²) < 4.78 is 1.74. The molecule has 2 aromatic carbocycles. The number of hydrogen-bond acceptors (Lipinski definition) is 10. The summed E-state index contributed by atoms with van der Waals surface area (Å²) in [6.45, 7) is 3.78. The molecule has 10 nitrogen and oxygen atoms in total. The molecule has 35 heavy (non-hydrogen) atoms. The van der Waals surface area contributed by atoms with E-state index in [4.69, 9.17) is 9.98 Å². The Balaban J connectivity index is 1.17. The molecule has 0 saturated heterocycles. The van der Waals surface area contributed by atoms with Crippen LogP contribution in [0, 0.1) is 0 Å². The molecule has 176 valence electrons. The Morgan fingerprint density at radius 3 is 1.60 bits per heavy atom. The Kier molecular flexibility index (Phi) is 5.90. The highest BCUT2D eigenvalue weighted by molar-refractivity contribution is 9.11. The standard InChI is InChI=1S/C23H20Br2N10/c24-18-14(1-3-16-20(18)28-7-5-26-16)32-22-30-9-11-34(22)13-35-12-10-31-23(35)33-15-2-4-17-21(19(15)25)29-8-6-27-17/h1-8H,9-13H2,(H,30,32)(H,31,33). The summed E-state index contributed by atoms with van der Waals surface area (Å²) in [6, 6.07) is 7.89. The number of nitrogens with one attached hydrogen (secondary N) is 2. The highest BCUT2D eigenvalue weighted by Gasteiger charge is 2.25. The van der Waals surface area contributed by atoms with E-state index in [-0.39, 0.29) is 0 Å². The molecule has 2 aliphatic rings. The van der Waals surface area contributed by atoms with E-state index in [0.29, 0.717) is 6.67 Å². The van der Waals surface area contributed by atoms with Crippen LogP contribution >= 0.6 is 31.9 Å². The molecule has 2 aliphatic heterocycles. The first-order chi connectivity index (χ1) is 17.2. The van der Waals surface area contributed by atoms with Crippen molar-refractivity contribution >= 4 is 77.2 Å². The number of nitrogens with zero attached hydrogens (tertiary/aromatic N) is 8. The fourth-order valence-corrected chi connectivity index (χ4v) is 5.20. The van der Waals surface area contributed by atoms with Crippen molar-refractivity contribution in [1.29, 1.82) is 0 Å². The van der Waals surface area contributed by atoms with Gasteiger partial charge in [0.05, 0.1) is 51.1 Å². The summed E-state index contributed by atoms with van der Waals surface area (Å²) in [4.78, 5) is 31.5. The molecule has 0 fully saturated rings. The number of aliphatic imine (C=N–C) groups is 2. The quantitative estimate of drug-likeness (QED) is 0.366. The van der Waals surface area contributed by atoms with Gasteiger partial charge in [-0.2, -0.15) is 0 Å². The van der Waals surface area contributed by atoms with Gasteiger partial charge in [-0.1, -0.05) is 0 Å². The van der Waals surface area contributed by atoms with Gasteiger partial charge in [0.25, 0.3) is 0 Å². The second kappa shape index (κ2) is 9.34. The van der Waals surface area contributed by atoms with E-state index in [1.807, 2.05) is 24.3 Å². The smallest absolute Gasteiger partial charge is 0.200 e. The van der Waals surface area contributed by atoms with Gasteiger partial charge in [-0.25, -0.2) is 0 Å². The van der Waals surface area contributed by atoms with Crippen LogP contribution in [0.2, 0.25) is 0 Å². The number of rotatable bonds is 4. The van der Waals surface area contributed by atoms with Crippen LogP contribution in [-0.4, -0.2) is 74.5 Å². The van der Waals surface area contributed by atoms with Crippen molar-refractivity contribution in [1.82, 2.24) is 29.7 Å². The minimum absolute atomic E-state index is 0.660. The highest BCUT2D eigenvalue weighted by atomic mass is 79.9. The SMILES string of the molecule is Brc1c(NC2=NCCN2CN2CCN=C2Nc2ccc3nccnc3c2Br)ccc2nccnc12. The van der Waals surface area contributed by atoms with Gasteiger partial charge >= 0.3 is 0 Å². The average molecular weight is 596 g/mol. The second-order valence-corrected chi connectivity index (χ2v) is 9.62. The number of anilines is 2. The van der Waals surface area contributed by atoms with Crippen LogP contribution in [-0.2, 0) is 0 Å². The number of hydrogen-bond donors (Lipinski definition) is 2. The molecular weight excluding hydrogens is 576 g/mol. The maximum Gasteiger partial charge on any atom is 0.200 e. The zero-order chi connectivity index (χ0) is 23.8. The fraction of sp³-hybridized carbons (Fsp3) is 0.217. The topological polar surface area (TPSA) is 107 Å². The van der Waals surface area contributed by atoms with Crippen LogP contribution in [0.4, 0.5) is 11.4 Å². The number of halogens is 2. The zero-order valence-corrected chi connectivity index (χ0v) is 21.7. The van der Waals surface area contributed by atoms with E-state index in [9.17, 15) is 0 Å². The molecule has 0 aliphatic carbocycles. The van der Waals surface area contributed by atoms with Gasteiger partial charge in [-0.15, -0.1) is 0 Å². The van der Waals surface area contributed by atoms with Crippen molar-refractivity contribution < 1.29 is 0 Å². The summed E-state index contributed by atoms with van der Waals surface area (Å²) in [6.07, 6.45) is 6.77. The molecule has 2 aromatic heterocycles. The lowest BCUT2D eigenvalue weighted by molar-refractivity contribution is 0.301. The first-order valence-corrected chi connectivity index (χ1v) is 12.7. The average Bonchev–Trinajstić information content (AvgIpc) is 3.52. The van der Waals surface area contributed by atoms with Crippen molar-refractivity contribution in [3.63, 3.8) is 0 Å². The molecule has 0 saturated carbocycles. The van der Waals surface area contributed by atoms with Gasteiger partial charge in [0, 0.05) is 37.9 Å². The number of guanidine groups is 2. The Bertz CT molecular complexity index is 1380. The number of aromatic nitrogens is 4. The summed E-state index contributed by atoms with van der Waals surface area (Å²) in [7, 11) is 0. The Labute approximate surface area is 217 Å². The zero-order valence-electron chi connectivity index (χ0n) is 18.5. The van der Waals surface area contributed by atoms with Crippen molar-refractivity contribution in [2.45, 2.75) is 0 Å². The predicted octanol–water partition coefficient (Wildman–Crippen LogP) is 3.92. The molecule has 6 rings (SSSR count). The molecule has 0 bridgehead atoms. The van der Waals surface area contributed by atoms with E-state index in [0.717, 1.165) is 80.5 Å². The Hall–Kier alpha value is -3.38. The first-order valence-electron chi connectivity index (χ1n) is 11.1. The molecule has 0 radical (unpaired) electrons. The molecule has 0 unspecified atom stereocenters. The van der Waals surface area contributed by atoms with E-state index >= 15 is 0 Å². The Morgan fingerprint density at radius 2 is 1.11 bits per heavy atom. The van der Waals surface area contributed by atoms with Gasteiger partial charge in [-0.3, -0.25) is 29.9 Å². The van der Waals surface area contributed by atoms with E-state index < -0.39 is 0 Å². The molecule has 4 aromatic rings. The largest absolute Gasteiger partial charge is 0.325 e. The molecule has 2 N–H and O–H groups in total. The Morgan fingerprint density at radius 1 is 0.657 bits per heavy atom. The third-order valence-corrected chi connectivity index (χ3v) is 7.46. The van der Waals surface area contributed by atoms with Crippen molar-refractivity contribution in [2.24, 2.45) is 9.98 Å². The van der Waals surface area contributed by atoms with Crippen LogP contribution in [0.15, 0.2) is 68.0 Å². The van der Waals surface area contributed by atoms with Crippen LogP contribution in [0.5, 0.6) is 0 Å². The normalized spacial score (nSPS) is 15.6. The highest BCUT2D eigenvalue weighted by Crippen LogP contribution is 2.31. The van der Waals surface area contributed by atoms with Gasteiger partial charge in [0.1, 0.15) is 11.0 Å². The van der Waals surface area contributed by atoms with Crippen LogP contribution in [0.1, 0.15) is 0 Å². The van der Waals surface area contributed by atoms with Gasteiger partial charge in [-0.05, 0) is 56.1 Å². The van der Waals surface area contributed by atoms with Gasteiger partial charge in [0.2, 0.25) is 0 Å². The third-order valence-electron chi connectivity index (χ3n) is 5.85. The fourth-order valence-electron chi connectivity index (χ4n) is 4.12. The third kappa shape index (κ3) is 4.27. The maximum atomic E-state index is 4.70. The minimum atomic E-state index is 0.660. The first kappa shape index (κ1) is 22.1. The summed E-state index contributed by atoms with van der Waals surface area (Å²) >= 11 is 7.35. The summed E-state index contributed by atoms with van der Waals surface area (Å²) in [5, 5.41) is 6.94. The van der Waals surface area contributed by atoms with Gasteiger partial charge < -0.3 is 20.4 Å². The molecule has 12 heteroatoms. The summed E-state index contributed by atoms with van der Waals surface area (Å²) in [5.74, 6) is 1.64. The van der Waals surface area contributed by atoms with E-state index in [1.54, 1.807) is 24.8 Å². The van der Waals surface area contributed by atoms with E-state index in [1.165, 1.54) is 0 Å². The maximum absolute atomic E-state index is 4.70. The lowest BCUT2D eigenvalue weighted by Crippen LogP contribution is -2.45. The van der Waals surface area contributed by atoms with Crippen molar-refractivity contribution in [3.8, 4) is 0 Å². The molecular formula is C23H20Br2N10. The number of fused-ring (bicyclic) bond motifs is 2. The number of benzene rings is 2. The molecule has 0 spiro atoms. The molecule has 4 heterocycles. The lowest BCUT2D eigenvalue weighted by Gasteiger charge is -2.29. The molecule has 0 atom stereocenters. The van der Waals surface area contributed by atoms with Crippen LogP contribution in [0.25, 0.3) is 22.1 Å². The van der Waals surface area contributed by atoms with Gasteiger partial charge in [0.15, 0.2) is 11.9 Å². The second-order valence-electron chi connectivity index (χ2n) is 8.03. The van der Waals surface area contributed by atoms with Crippen molar-refractivity contribution in [3.05, 3.63) is 58.0 Å². The summed E-state index contributed by atoms with van der Waals surface area (Å²) in [5.41, 5.74) is 5.10. The predicted molar refractivity (Wildman–Crippen MR) is 145 cm³/mol. The monoisotopic (exact) mass is 594 g/mol. The lowest BCUT2D eigenvalue weighted by atomic mass is 10.2. The minimum Gasteiger partial charge on any atom is -0.325 e.